The van der Waals surface area contributed by atoms with Gasteiger partial charge in [0.1, 0.15) is 10.4 Å². The minimum Gasteiger partial charge on any atom is -0.364 e. The van der Waals surface area contributed by atoms with Crippen molar-refractivity contribution in [3.63, 3.8) is 0 Å². The van der Waals surface area contributed by atoms with Crippen LogP contribution in [-0.4, -0.2) is 4.98 Å². The molecule has 1 aromatic carbocycles. The molecule has 1 aromatic heterocycles. The number of nitrogens with one attached hydrogen (secondary N) is 1. The van der Waals surface area contributed by atoms with E-state index in [0.717, 1.165) is 15.4 Å². The summed E-state index contributed by atoms with van der Waals surface area (Å²) in [4.78, 5) is 4.34. The molecule has 1 heterocycles. The lowest BCUT2D eigenvalue weighted by molar-refractivity contribution is 0.873. The van der Waals surface area contributed by atoms with Crippen molar-refractivity contribution >= 4 is 33.3 Å². The molecule has 1 unspecified atom stereocenters. The topological polar surface area (TPSA) is 24.9 Å². The van der Waals surface area contributed by atoms with Crippen LogP contribution < -0.4 is 5.32 Å². The number of anilines is 1. The van der Waals surface area contributed by atoms with Crippen molar-refractivity contribution in [1.82, 2.24) is 4.98 Å². The average molecular weight is 312 g/mol. The van der Waals surface area contributed by atoms with E-state index in [-0.39, 0.29) is 6.04 Å². The van der Waals surface area contributed by atoms with Crippen LogP contribution in [0, 0.1) is 0 Å². The quantitative estimate of drug-likeness (QED) is 0.833. The predicted molar refractivity (Wildman–Crippen MR) is 75.4 cm³/mol. The van der Waals surface area contributed by atoms with Gasteiger partial charge in [0, 0.05) is 11.1 Å². The molecule has 0 fully saturated rings. The first kappa shape index (κ1) is 12.4. The molecule has 2 rings (SSSR count). The fourth-order valence-electron chi connectivity index (χ4n) is 1.55. The van der Waals surface area contributed by atoms with E-state index in [9.17, 15) is 0 Å². The van der Waals surface area contributed by atoms with Gasteiger partial charge in [-0.05, 0) is 52.7 Å². The highest BCUT2D eigenvalue weighted by Crippen LogP contribution is 2.20. The molecule has 2 aromatic rings. The van der Waals surface area contributed by atoms with Crippen LogP contribution in [0.3, 0.4) is 0 Å². The Balaban J connectivity index is 2.11. The first-order valence-electron chi connectivity index (χ1n) is 5.30. The standard InChI is InChI=1S/C13H12BrClN2/c1-9(10-5-7-11(15)8-6-10)16-13-4-2-3-12(14)17-13/h2-9H,1H3,(H,16,17). The van der Waals surface area contributed by atoms with Gasteiger partial charge >= 0.3 is 0 Å². The molecular weight excluding hydrogens is 300 g/mol. The Labute approximate surface area is 114 Å². The van der Waals surface area contributed by atoms with Crippen LogP contribution in [0.5, 0.6) is 0 Å². The third kappa shape index (κ3) is 3.45. The SMILES string of the molecule is CC(Nc1cccc(Br)n1)c1ccc(Cl)cc1. The van der Waals surface area contributed by atoms with Crippen LogP contribution in [0.4, 0.5) is 5.82 Å². The molecule has 1 N–H and O–H groups in total. The number of pyridine rings is 1. The number of nitrogens with zero attached hydrogens (tertiary/aromatic N) is 1. The molecule has 0 saturated heterocycles. The number of rotatable bonds is 3. The Bertz CT molecular complexity index is 499. The summed E-state index contributed by atoms with van der Waals surface area (Å²) < 4.78 is 0.825. The molecule has 0 bridgehead atoms. The summed E-state index contributed by atoms with van der Waals surface area (Å²) in [6.45, 7) is 2.09. The lowest BCUT2D eigenvalue weighted by Crippen LogP contribution is -2.07. The maximum atomic E-state index is 5.86. The molecule has 1 atom stereocenters. The molecule has 0 radical (unpaired) electrons. The van der Waals surface area contributed by atoms with Crippen LogP contribution in [-0.2, 0) is 0 Å². The minimum absolute atomic E-state index is 0.189. The molecule has 88 valence electrons. The highest BCUT2D eigenvalue weighted by atomic mass is 79.9. The first-order valence-corrected chi connectivity index (χ1v) is 6.47. The summed E-state index contributed by atoms with van der Waals surface area (Å²) >= 11 is 9.21. The smallest absolute Gasteiger partial charge is 0.127 e. The predicted octanol–water partition coefficient (Wildman–Crippen LogP) is 4.67. The number of halogens is 2. The molecule has 2 nitrogen and oxygen atoms in total. The van der Waals surface area contributed by atoms with Crippen LogP contribution in [0.15, 0.2) is 47.1 Å². The van der Waals surface area contributed by atoms with E-state index in [0.29, 0.717) is 0 Å². The number of hydrogen-bond donors (Lipinski definition) is 1. The van der Waals surface area contributed by atoms with Gasteiger partial charge in [-0.3, -0.25) is 0 Å². The largest absolute Gasteiger partial charge is 0.364 e. The zero-order valence-electron chi connectivity index (χ0n) is 9.32. The van der Waals surface area contributed by atoms with Gasteiger partial charge in [0.05, 0.1) is 0 Å². The fourth-order valence-corrected chi connectivity index (χ4v) is 2.01. The fraction of sp³-hybridized carbons (Fsp3) is 0.154. The normalized spacial score (nSPS) is 12.2. The van der Waals surface area contributed by atoms with E-state index in [1.807, 2.05) is 42.5 Å². The number of hydrogen-bond acceptors (Lipinski definition) is 2. The van der Waals surface area contributed by atoms with Crippen LogP contribution in [0.25, 0.3) is 0 Å². The second-order valence-electron chi connectivity index (χ2n) is 3.76. The second kappa shape index (κ2) is 5.52. The van der Waals surface area contributed by atoms with Crippen molar-refractivity contribution in [2.45, 2.75) is 13.0 Å². The molecule has 0 aliphatic carbocycles. The summed E-state index contributed by atoms with van der Waals surface area (Å²) in [6, 6.07) is 13.8. The molecular formula is C13H12BrClN2. The van der Waals surface area contributed by atoms with Gasteiger partial charge in [-0.25, -0.2) is 4.98 Å². The van der Waals surface area contributed by atoms with Crippen molar-refractivity contribution in [2.24, 2.45) is 0 Å². The van der Waals surface area contributed by atoms with E-state index in [1.54, 1.807) is 0 Å². The van der Waals surface area contributed by atoms with Crippen molar-refractivity contribution in [2.75, 3.05) is 5.32 Å². The van der Waals surface area contributed by atoms with Crippen LogP contribution in [0.1, 0.15) is 18.5 Å². The first-order chi connectivity index (χ1) is 8.15. The lowest BCUT2D eigenvalue weighted by atomic mass is 10.1. The summed E-state index contributed by atoms with van der Waals surface area (Å²) in [7, 11) is 0. The minimum atomic E-state index is 0.189. The van der Waals surface area contributed by atoms with Crippen LogP contribution >= 0.6 is 27.5 Å². The Kier molecular flexibility index (Phi) is 4.02. The second-order valence-corrected chi connectivity index (χ2v) is 5.01. The molecule has 0 spiro atoms. The molecule has 0 saturated carbocycles. The Morgan fingerprint density at radius 2 is 1.88 bits per heavy atom. The van der Waals surface area contributed by atoms with Gasteiger partial charge in [-0.2, -0.15) is 0 Å². The summed E-state index contributed by atoms with van der Waals surface area (Å²) in [5.74, 6) is 0.849. The Morgan fingerprint density at radius 3 is 2.53 bits per heavy atom. The van der Waals surface area contributed by atoms with E-state index >= 15 is 0 Å². The lowest BCUT2D eigenvalue weighted by Gasteiger charge is -2.15. The van der Waals surface area contributed by atoms with E-state index in [1.165, 1.54) is 5.56 Å². The van der Waals surface area contributed by atoms with Gasteiger partial charge in [-0.1, -0.05) is 29.8 Å². The third-order valence-electron chi connectivity index (χ3n) is 2.45. The average Bonchev–Trinajstić information content (AvgIpc) is 2.29. The van der Waals surface area contributed by atoms with E-state index in [2.05, 4.69) is 33.2 Å². The zero-order valence-corrected chi connectivity index (χ0v) is 11.7. The molecule has 17 heavy (non-hydrogen) atoms. The van der Waals surface area contributed by atoms with Gasteiger partial charge in [0.25, 0.3) is 0 Å². The van der Waals surface area contributed by atoms with E-state index in [4.69, 9.17) is 11.6 Å². The van der Waals surface area contributed by atoms with Crippen molar-refractivity contribution in [3.05, 3.63) is 57.7 Å². The third-order valence-corrected chi connectivity index (χ3v) is 3.14. The van der Waals surface area contributed by atoms with Crippen molar-refractivity contribution in [1.29, 1.82) is 0 Å². The molecule has 4 heteroatoms. The van der Waals surface area contributed by atoms with Crippen molar-refractivity contribution < 1.29 is 0 Å². The van der Waals surface area contributed by atoms with Gasteiger partial charge < -0.3 is 5.32 Å². The summed E-state index contributed by atoms with van der Waals surface area (Å²) in [5, 5.41) is 4.09. The highest BCUT2D eigenvalue weighted by Gasteiger charge is 2.05. The summed E-state index contributed by atoms with van der Waals surface area (Å²) in [5.41, 5.74) is 1.18. The molecule has 0 aliphatic rings. The summed E-state index contributed by atoms with van der Waals surface area (Å²) in [6.07, 6.45) is 0. The number of benzene rings is 1. The van der Waals surface area contributed by atoms with Crippen LogP contribution in [0.2, 0.25) is 5.02 Å². The van der Waals surface area contributed by atoms with Gasteiger partial charge in [0.15, 0.2) is 0 Å². The van der Waals surface area contributed by atoms with Gasteiger partial charge in [-0.15, -0.1) is 0 Å². The maximum absolute atomic E-state index is 5.86. The monoisotopic (exact) mass is 310 g/mol. The maximum Gasteiger partial charge on any atom is 0.127 e. The number of aromatic nitrogens is 1. The van der Waals surface area contributed by atoms with E-state index < -0.39 is 0 Å². The van der Waals surface area contributed by atoms with Crippen molar-refractivity contribution in [3.8, 4) is 0 Å². The Hall–Kier alpha value is -1.06. The molecule has 0 aliphatic heterocycles. The molecule has 0 amide bonds. The highest BCUT2D eigenvalue weighted by molar-refractivity contribution is 9.10. The Morgan fingerprint density at radius 1 is 1.18 bits per heavy atom. The van der Waals surface area contributed by atoms with Gasteiger partial charge in [0.2, 0.25) is 0 Å². The zero-order chi connectivity index (χ0) is 12.3.